The second kappa shape index (κ2) is 11.0. The van der Waals surface area contributed by atoms with Gasteiger partial charge in [0.1, 0.15) is 22.1 Å². The molecular weight excluding hydrogens is 553 g/mol. The van der Waals surface area contributed by atoms with Gasteiger partial charge in [-0.05, 0) is 55.1 Å². The third-order valence-corrected chi connectivity index (χ3v) is 7.04. The molecule has 196 valence electrons. The number of nitrogens with zero attached hydrogens (tertiary/aromatic N) is 2. The highest BCUT2D eigenvalue weighted by Gasteiger charge is 2.21. The summed E-state index contributed by atoms with van der Waals surface area (Å²) in [7, 11) is -4.48. The zero-order chi connectivity index (χ0) is 27.6. The van der Waals surface area contributed by atoms with Gasteiger partial charge < -0.3 is 15.2 Å². The molecule has 9 nitrogen and oxygen atoms in total. The number of fused-ring (bicyclic) bond motifs is 1. The fourth-order valence-electron chi connectivity index (χ4n) is 3.74. The number of carbonyl (C=O) groups is 1. The molecule has 0 heterocycles. The molecule has 0 bridgehead atoms. The van der Waals surface area contributed by atoms with Gasteiger partial charge in [-0.15, -0.1) is 10.2 Å². The summed E-state index contributed by atoms with van der Waals surface area (Å²) >= 11 is 12.6. The van der Waals surface area contributed by atoms with Gasteiger partial charge in [0.05, 0.1) is 27.8 Å². The molecule has 1 amide bonds. The van der Waals surface area contributed by atoms with E-state index in [4.69, 9.17) is 27.9 Å². The lowest BCUT2D eigenvalue weighted by Crippen LogP contribution is -2.13. The Morgan fingerprint density at radius 2 is 1.74 bits per heavy atom. The molecule has 0 aliphatic carbocycles. The number of azo groups is 1. The average molecular weight is 574 g/mol. The molecule has 38 heavy (non-hydrogen) atoms. The highest BCUT2D eigenvalue weighted by molar-refractivity contribution is 7.85. The monoisotopic (exact) mass is 573 g/mol. The zero-order valence-electron chi connectivity index (χ0n) is 20.1. The van der Waals surface area contributed by atoms with Gasteiger partial charge in [0.15, 0.2) is 5.75 Å². The molecular formula is C26H21Cl2N3O6S. The molecule has 0 saturated carbocycles. The summed E-state index contributed by atoms with van der Waals surface area (Å²) in [5, 5.41) is 23.3. The van der Waals surface area contributed by atoms with E-state index in [1.165, 1.54) is 19.1 Å². The number of anilines is 1. The number of hydrogen-bond donors (Lipinski definition) is 3. The molecule has 4 rings (SSSR count). The van der Waals surface area contributed by atoms with Crippen molar-refractivity contribution >= 4 is 67.1 Å². The van der Waals surface area contributed by atoms with Crippen LogP contribution in [0.1, 0.15) is 22.8 Å². The number of aromatic hydroxyl groups is 1. The number of nitrogens with one attached hydrogen (secondary N) is 1. The number of carbonyl (C=O) groups excluding carboxylic acids is 1. The summed E-state index contributed by atoms with van der Waals surface area (Å²) in [5.74, 6) is -0.686. The van der Waals surface area contributed by atoms with Gasteiger partial charge in [0, 0.05) is 5.39 Å². The highest BCUT2D eigenvalue weighted by atomic mass is 35.5. The number of phenols is 1. The Bertz CT molecular complexity index is 1680. The average Bonchev–Trinajstić information content (AvgIpc) is 2.86. The predicted octanol–water partition coefficient (Wildman–Crippen LogP) is 7.47. The maximum atomic E-state index is 13.2. The van der Waals surface area contributed by atoms with Crippen LogP contribution in [0.2, 0.25) is 10.0 Å². The number of halogens is 2. The molecule has 0 atom stereocenters. The van der Waals surface area contributed by atoms with E-state index in [0.717, 1.165) is 6.07 Å². The SMILES string of the molecule is CCOc1cccc(NC(=O)c2cc3ccccc3c(N=Nc3c(C)cc(S(=O)(=O)O)cc3Cl)c2O)c1Cl. The lowest BCUT2D eigenvalue weighted by atomic mass is 10.0. The lowest BCUT2D eigenvalue weighted by molar-refractivity contribution is 0.102. The first-order chi connectivity index (χ1) is 18.0. The van der Waals surface area contributed by atoms with E-state index in [2.05, 4.69) is 15.5 Å². The van der Waals surface area contributed by atoms with Gasteiger partial charge in [-0.3, -0.25) is 9.35 Å². The molecule has 0 spiro atoms. The van der Waals surface area contributed by atoms with Crippen LogP contribution in [0, 0.1) is 6.92 Å². The fourth-order valence-corrected chi connectivity index (χ4v) is 4.93. The molecule has 3 N–H and O–H groups in total. The first-order valence-electron chi connectivity index (χ1n) is 11.2. The van der Waals surface area contributed by atoms with Crippen molar-refractivity contribution in [1.82, 2.24) is 0 Å². The predicted molar refractivity (Wildman–Crippen MR) is 146 cm³/mol. The Labute approximate surface area is 228 Å². The van der Waals surface area contributed by atoms with Gasteiger partial charge in [-0.1, -0.05) is 53.5 Å². The van der Waals surface area contributed by atoms with Crippen molar-refractivity contribution in [3.05, 3.63) is 81.8 Å². The van der Waals surface area contributed by atoms with Crippen molar-refractivity contribution in [2.24, 2.45) is 10.2 Å². The van der Waals surface area contributed by atoms with Crippen molar-refractivity contribution in [3.8, 4) is 11.5 Å². The van der Waals surface area contributed by atoms with E-state index >= 15 is 0 Å². The topological polar surface area (TPSA) is 138 Å². The normalized spacial score (nSPS) is 11.7. The minimum atomic E-state index is -4.48. The summed E-state index contributed by atoms with van der Waals surface area (Å²) in [4.78, 5) is 12.8. The van der Waals surface area contributed by atoms with Crippen molar-refractivity contribution in [3.63, 3.8) is 0 Å². The van der Waals surface area contributed by atoms with E-state index in [-0.39, 0.29) is 27.0 Å². The summed E-state index contributed by atoms with van der Waals surface area (Å²) in [6.45, 7) is 3.73. The van der Waals surface area contributed by atoms with Crippen LogP contribution < -0.4 is 10.1 Å². The second-order valence-electron chi connectivity index (χ2n) is 8.09. The van der Waals surface area contributed by atoms with E-state index in [0.29, 0.717) is 34.4 Å². The summed E-state index contributed by atoms with van der Waals surface area (Å²) < 4.78 is 37.7. The molecule has 0 unspecified atom stereocenters. The number of ether oxygens (including phenoxy) is 1. The maximum absolute atomic E-state index is 13.2. The summed E-state index contributed by atoms with van der Waals surface area (Å²) in [5.41, 5.74) is 0.642. The van der Waals surface area contributed by atoms with Crippen LogP contribution in [0.25, 0.3) is 10.8 Å². The maximum Gasteiger partial charge on any atom is 0.294 e. The molecule has 12 heteroatoms. The Kier molecular flexibility index (Phi) is 7.89. The second-order valence-corrected chi connectivity index (χ2v) is 10.3. The molecule has 0 radical (unpaired) electrons. The lowest BCUT2D eigenvalue weighted by Gasteiger charge is -2.13. The van der Waals surface area contributed by atoms with Crippen LogP contribution in [-0.4, -0.2) is 30.6 Å². The van der Waals surface area contributed by atoms with Crippen LogP contribution in [0.5, 0.6) is 11.5 Å². The summed E-state index contributed by atoms with van der Waals surface area (Å²) in [6.07, 6.45) is 0. The third kappa shape index (κ3) is 5.58. The smallest absolute Gasteiger partial charge is 0.294 e. The van der Waals surface area contributed by atoms with E-state index in [1.807, 2.05) is 6.92 Å². The van der Waals surface area contributed by atoms with Gasteiger partial charge in [-0.2, -0.15) is 8.42 Å². The minimum absolute atomic E-state index is 0.00302. The van der Waals surface area contributed by atoms with Crippen molar-refractivity contribution < 1.29 is 27.6 Å². The first kappa shape index (κ1) is 27.3. The number of aryl methyl sites for hydroxylation is 1. The van der Waals surface area contributed by atoms with Crippen LogP contribution >= 0.6 is 23.2 Å². The number of rotatable bonds is 7. The Balaban J connectivity index is 1.78. The third-order valence-electron chi connectivity index (χ3n) is 5.53. The molecule has 4 aromatic carbocycles. The molecule has 0 fully saturated rings. The molecule has 0 aliphatic rings. The number of benzene rings is 4. The van der Waals surface area contributed by atoms with E-state index in [1.54, 1.807) is 42.5 Å². The van der Waals surface area contributed by atoms with Crippen molar-refractivity contribution in [1.29, 1.82) is 0 Å². The molecule has 4 aromatic rings. The zero-order valence-corrected chi connectivity index (χ0v) is 22.4. The molecule has 0 saturated heterocycles. The van der Waals surface area contributed by atoms with Gasteiger partial charge in [0.25, 0.3) is 16.0 Å². The van der Waals surface area contributed by atoms with Crippen LogP contribution in [-0.2, 0) is 10.1 Å². The van der Waals surface area contributed by atoms with Crippen LogP contribution in [0.4, 0.5) is 17.1 Å². The van der Waals surface area contributed by atoms with E-state index < -0.39 is 26.7 Å². The van der Waals surface area contributed by atoms with Gasteiger partial charge in [-0.25, -0.2) is 0 Å². The van der Waals surface area contributed by atoms with Crippen molar-refractivity contribution in [2.45, 2.75) is 18.7 Å². The van der Waals surface area contributed by atoms with Gasteiger partial charge in [0.2, 0.25) is 0 Å². The number of hydrogen-bond acceptors (Lipinski definition) is 7. The standard InChI is InChI=1S/C26H21Cl2N3O6S/c1-3-37-21-10-6-9-20(22(21)28)29-26(33)18-12-15-7-4-5-8-17(15)24(25(18)32)31-30-23-14(2)11-16(13-19(23)27)38(34,35)36/h4-13,32H,3H2,1-2H3,(H,29,33)(H,34,35,36). The van der Waals surface area contributed by atoms with Gasteiger partial charge >= 0.3 is 0 Å². The highest BCUT2D eigenvalue weighted by Crippen LogP contribution is 2.41. The fraction of sp³-hybridized carbons (Fsp3) is 0.115. The largest absolute Gasteiger partial charge is 0.505 e. The number of amides is 1. The molecule has 0 aliphatic heterocycles. The van der Waals surface area contributed by atoms with Crippen LogP contribution in [0.3, 0.4) is 0 Å². The molecule has 0 aromatic heterocycles. The van der Waals surface area contributed by atoms with Crippen molar-refractivity contribution in [2.75, 3.05) is 11.9 Å². The Morgan fingerprint density at radius 1 is 1.03 bits per heavy atom. The summed E-state index contributed by atoms with van der Waals surface area (Å²) in [6, 6.07) is 15.6. The Hall–Kier alpha value is -3.70. The minimum Gasteiger partial charge on any atom is -0.505 e. The first-order valence-corrected chi connectivity index (χ1v) is 13.4. The Morgan fingerprint density at radius 3 is 2.42 bits per heavy atom. The van der Waals surface area contributed by atoms with E-state index in [9.17, 15) is 22.9 Å². The quantitative estimate of drug-likeness (QED) is 0.155. The van der Waals surface area contributed by atoms with Crippen LogP contribution in [0.15, 0.2) is 75.8 Å². The number of phenolic OH excluding ortho intramolecular Hbond substituents is 1.